The van der Waals surface area contributed by atoms with Crippen LogP contribution in [0.2, 0.25) is 0 Å². The predicted octanol–water partition coefficient (Wildman–Crippen LogP) is 2.61. The van der Waals surface area contributed by atoms with Crippen molar-refractivity contribution in [1.82, 2.24) is 19.6 Å². The summed E-state index contributed by atoms with van der Waals surface area (Å²) in [7, 11) is 2.07. The number of likely N-dealkylation sites (N-methyl/N-ethyl adjacent to an activating group) is 1. The van der Waals surface area contributed by atoms with E-state index in [0.29, 0.717) is 12.3 Å². The Morgan fingerprint density at radius 3 is 2.36 bits per heavy atom. The van der Waals surface area contributed by atoms with Gasteiger partial charge in [-0.2, -0.15) is 5.10 Å². The average Bonchev–Trinajstić information content (AvgIpc) is 3.48. The van der Waals surface area contributed by atoms with Crippen LogP contribution in [0.15, 0.2) is 24.3 Å². The number of benzene rings is 1. The fourth-order valence-electron chi connectivity index (χ4n) is 3.77. The molecule has 148 valence electrons. The molecule has 2 aromatic rings. The van der Waals surface area contributed by atoms with E-state index in [1.54, 1.807) is 16.8 Å². The van der Waals surface area contributed by atoms with Crippen molar-refractivity contribution < 1.29 is 9.72 Å². The summed E-state index contributed by atoms with van der Waals surface area (Å²) in [5.74, 6) is 0.413. The molecule has 1 aliphatic carbocycles. The molecule has 1 amide bonds. The first kappa shape index (κ1) is 18.6. The van der Waals surface area contributed by atoms with E-state index < -0.39 is 4.92 Å². The molecule has 8 nitrogen and oxygen atoms in total. The van der Waals surface area contributed by atoms with Crippen LogP contribution in [0.25, 0.3) is 5.69 Å². The van der Waals surface area contributed by atoms with Crippen LogP contribution in [-0.4, -0.2) is 63.6 Å². The molecule has 0 N–H and O–H groups in total. The number of nitro groups is 1. The Labute approximate surface area is 163 Å². The second kappa shape index (κ2) is 7.35. The lowest BCUT2D eigenvalue weighted by Gasteiger charge is -2.32. The maximum Gasteiger partial charge on any atom is 0.269 e. The number of nitro benzene ring substituents is 1. The quantitative estimate of drug-likeness (QED) is 0.585. The highest BCUT2D eigenvalue weighted by atomic mass is 16.6. The highest BCUT2D eigenvalue weighted by Crippen LogP contribution is 2.42. The monoisotopic (exact) mass is 383 g/mol. The third kappa shape index (κ3) is 3.40. The second-order valence-corrected chi connectivity index (χ2v) is 7.62. The molecule has 2 fully saturated rings. The van der Waals surface area contributed by atoms with Crippen molar-refractivity contribution in [1.29, 1.82) is 0 Å². The first-order chi connectivity index (χ1) is 13.5. The van der Waals surface area contributed by atoms with Gasteiger partial charge in [-0.15, -0.1) is 0 Å². The van der Waals surface area contributed by atoms with Crippen molar-refractivity contribution in [3.63, 3.8) is 0 Å². The molecule has 1 aromatic heterocycles. The second-order valence-electron chi connectivity index (χ2n) is 7.62. The van der Waals surface area contributed by atoms with Gasteiger partial charge in [-0.05, 0) is 38.4 Å². The molecule has 2 aliphatic rings. The number of carbonyl (C=O) groups excluding carboxylic acids is 1. The first-order valence-electron chi connectivity index (χ1n) is 9.84. The molecule has 8 heteroatoms. The number of piperazine rings is 1. The summed E-state index contributed by atoms with van der Waals surface area (Å²) in [6, 6.07) is 6.36. The van der Waals surface area contributed by atoms with E-state index >= 15 is 0 Å². The van der Waals surface area contributed by atoms with Gasteiger partial charge in [-0.3, -0.25) is 14.9 Å². The zero-order chi connectivity index (χ0) is 19.8. The molecule has 28 heavy (non-hydrogen) atoms. The molecular weight excluding hydrogens is 358 g/mol. The molecule has 1 aromatic carbocycles. The predicted molar refractivity (Wildman–Crippen MR) is 105 cm³/mol. The molecule has 0 unspecified atom stereocenters. The molecular formula is C20H25N5O3. The Balaban J connectivity index is 1.73. The lowest BCUT2D eigenvalue weighted by molar-refractivity contribution is -0.384. The fraction of sp³-hybridized carbons (Fsp3) is 0.500. The van der Waals surface area contributed by atoms with Crippen molar-refractivity contribution in [2.75, 3.05) is 33.2 Å². The molecule has 4 rings (SSSR count). The van der Waals surface area contributed by atoms with Crippen LogP contribution >= 0.6 is 0 Å². The summed E-state index contributed by atoms with van der Waals surface area (Å²) in [6.07, 6.45) is 2.79. The Hall–Kier alpha value is -2.74. The zero-order valence-corrected chi connectivity index (χ0v) is 16.3. The molecule has 2 heterocycles. The maximum atomic E-state index is 13.4. The fourth-order valence-corrected chi connectivity index (χ4v) is 3.77. The van der Waals surface area contributed by atoms with Gasteiger partial charge in [0.2, 0.25) is 0 Å². The van der Waals surface area contributed by atoms with E-state index in [1.807, 2.05) is 11.8 Å². The van der Waals surface area contributed by atoms with Crippen LogP contribution in [0.3, 0.4) is 0 Å². The minimum atomic E-state index is -0.411. The highest BCUT2D eigenvalue weighted by molar-refractivity contribution is 5.97. The van der Waals surface area contributed by atoms with Gasteiger partial charge < -0.3 is 9.80 Å². The largest absolute Gasteiger partial charge is 0.336 e. The number of rotatable bonds is 5. The SMILES string of the molecule is CCc1c(C(=O)N2CCN(C)CC2)c(C2CC2)nn1-c1ccc([N+](=O)[O-])cc1. The molecule has 0 bridgehead atoms. The molecule has 0 radical (unpaired) electrons. The van der Waals surface area contributed by atoms with E-state index in [2.05, 4.69) is 11.9 Å². The van der Waals surface area contributed by atoms with Gasteiger partial charge in [0.15, 0.2) is 0 Å². The minimum absolute atomic E-state index is 0.0464. The minimum Gasteiger partial charge on any atom is -0.336 e. The summed E-state index contributed by atoms with van der Waals surface area (Å²) in [6.45, 7) is 5.23. The lowest BCUT2D eigenvalue weighted by Crippen LogP contribution is -2.47. The smallest absolute Gasteiger partial charge is 0.269 e. The average molecular weight is 383 g/mol. The normalized spacial score (nSPS) is 17.7. The van der Waals surface area contributed by atoms with Crippen molar-refractivity contribution in [2.45, 2.75) is 32.1 Å². The highest BCUT2D eigenvalue weighted by Gasteiger charge is 2.36. The van der Waals surface area contributed by atoms with Crippen LogP contribution in [-0.2, 0) is 6.42 Å². The Kier molecular flexibility index (Phi) is 4.89. The number of amides is 1. The summed E-state index contributed by atoms with van der Waals surface area (Å²) in [4.78, 5) is 28.1. The lowest BCUT2D eigenvalue weighted by atomic mass is 10.1. The van der Waals surface area contributed by atoms with Crippen molar-refractivity contribution in [3.8, 4) is 5.69 Å². The summed E-state index contributed by atoms with van der Waals surface area (Å²) in [5.41, 5.74) is 3.32. The number of hydrogen-bond acceptors (Lipinski definition) is 5. The zero-order valence-electron chi connectivity index (χ0n) is 16.3. The molecule has 1 saturated carbocycles. The summed E-state index contributed by atoms with van der Waals surface area (Å²) >= 11 is 0. The number of hydrogen-bond donors (Lipinski definition) is 0. The van der Waals surface area contributed by atoms with Crippen LogP contribution < -0.4 is 0 Å². The van der Waals surface area contributed by atoms with Crippen LogP contribution in [0.4, 0.5) is 5.69 Å². The summed E-state index contributed by atoms with van der Waals surface area (Å²) in [5, 5.41) is 15.8. The topological polar surface area (TPSA) is 84.5 Å². The first-order valence-corrected chi connectivity index (χ1v) is 9.84. The third-order valence-corrected chi connectivity index (χ3v) is 5.62. The standard InChI is InChI=1S/C20H25N5O3/c1-3-17-18(20(26)23-12-10-22(2)11-13-23)19(14-4-5-14)21-24(17)15-6-8-16(9-7-15)25(27)28/h6-9,14H,3-5,10-13H2,1-2H3. The van der Waals surface area contributed by atoms with Gasteiger partial charge in [0, 0.05) is 44.2 Å². The Morgan fingerprint density at radius 1 is 1.18 bits per heavy atom. The van der Waals surface area contributed by atoms with Crippen LogP contribution in [0.5, 0.6) is 0 Å². The Bertz CT molecular complexity index is 893. The van der Waals surface area contributed by atoms with Crippen molar-refractivity contribution in [2.24, 2.45) is 0 Å². The molecule has 1 aliphatic heterocycles. The van der Waals surface area contributed by atoms with E-state index in [1.165, 1.54) is 12.1 Å². The van der Waals surface area contributed by atoms with Crippen molar-refractivity contribution >= 4 is 11.6 Å². The van der Waals surface area contributed by atoms with Gasteiger partial charge in [0.05, 0.1) is 27.6 Å². The van der Waals surface area contributed by atoms with Crippen LogP contribution in [0.1, 0.15) is 47.4 Å². The number of aromatic nitrogens is 2. The molecule has 0 spiro atoms. The van der Waals surface area contributed by atoms with E-state index in [4.69, 9.17) is 5.10 Å². The van der Waals surface area contributed by atoms with Gasteiger partial charge in [0.25, 0.3) is 11.6 Å². The maximum absolute atomic E-state index is 13.4. The third-order valence-electron chi connectivity index (χ3n) is 5.62. The van der Waals surface area contributed by atoms with Gasteiger partial charge >= 0.3 is 0 Å². The number of non-ortho nitro benzene ring substituents is 1. The Morgan fingerprint density at radius 2 is 1.82 bits per heavy atom. The van der Waals surface area contributed by atoms with E-state index in [0.717, 1.165) is 61.7 Å². The van der Waals surface area contributed by atoms with Gasteiger partial charge in [-0.1, -0.05) is 6.92 Å². The van der Waals surface area contributed by atoms with Crippen molar-refractivity contribution in [3.05, 3.63) is 51.3 Å². The number of carbonyl (C=O) groups is 1. The van der Waals surface area contributed by atoms with E-state index in [-0.39, 0.29) is 11.6 Å². The summed E-state index contributed by atoms with van der Waals surface area (Å²) < 4.78 is 1.81. The van der Waals surface area contributed by atoms with Gasteiger partial charge in [-0.25, -0.2) is 4.68 Å². The number of nitrogens with zero attached hydrogens (tertiary/aromatic N) is 5. The van der Waals surface area contributed by atoms with Crippen LogP contribution in [0, 0.1) is 10.1 Å². The molecule has 0 atom stereocenters. The van der Waals surface area contributed by atoms with E-state index in [9.17, 15) is 14.9 Å². The molecule has 1 saturated heterocycles. The van der Waals surface area contributed by atoms with Gasteiger partial charge in [0.1, 0.15) is 0 Å².